The highest BCUT2D eigenvalue weighted by Crippen LogP contribution is 2.26. The molecule has 4 heteroatoms. The molecular formula is C16H17N3O. The van der Waals surface area contributed by atoms with E-state index < -0.39 is 0 Å². The van der Waals surface area contributed by atoms with Crippen molar-refractivity contribution in [2.45, 2.75) is 20.3 Å². The summed E-state index contributed by atoms with van der Waals surface area (Å²) in [6.07, 6.45) is 5.83. The lowest BCUT2D eigenvalue weighted by Gasteiger charge is -2.04. The SMILES string of the molecule is CCc1ccc2c(c1)c(C)c(C(=O)n1ccnc1)n2C. The summed E-state index contributed by atoms with van der Waals surface area (Å²) in [6.45, 7) is 4.14. The summed E-state index contributed by atoms with van der Waals surface area (Å²) in [6, 6.07) is 6.38. The van der Waals surface area contributed by atoms with Gasteiger partial charge in [0.1, 0.15) is 12.0 Å². The Morgan fingerprint density at radius 1 is 1.35 bits per heavy atom. The molecule has 0 aliphatic heterocycles. The van der Waals surface area contributed by atoms with Crippen LogP contribution in [0, 0.1) is 6.92 Å². The number of benzene rings is 1. The minimum Gasteiger partial charge on any atom is -0.339 e. The second-order valence-electron chi connectivity index (χ2n) is 5.01. The van der Waals surface area contributed by atoms with Crippen molar-refractivity contribution in [1.29, 1.82) is 0 Å². The van der Waals surface area contributed by atoms with E-state index in [1.165, 1.54) is 16.5 Å². The van der Waals surface area contributed by atoms with Gasteiger partial charge in [0, 0.05) is 30.3 Å². The molecule has 0 aliphatic rings. The molecular weight excluding hydrogens is 250 g/mol. The van der Waals surface area contributed by atoms with Crippen LogP contribution >= 0.6 is 0 Å². The Bertz CT molecular complexity index is 782. The summed E-state index contributed by atoms with van der Waals surface area (Å²) in [4.78, 5) is 16.5. The molecule has 0 amide bonds. The van der Waals surface area contributed by atoms with Gasteiger partial charge in [-0.3, -0.25) is 9.36 Å². The van der Waals surface area contributed by atoms with Crippen LogP contribution in [0.1, 0.15) is 28.5 Å². The van der Waals surface area contributed by atoms with Gasteiger partial charge in [0.2, 0.25) is 0 Å². The largest absolute Gasteiger partial charge is 0.339 e. The maximum absolute atomic E-state index is 12.6. The zero-order chi connectivity index (χ0) is 14.3. The highest BCUT2D eigenvalue weighted by Gasteiger charge is 2.19. The lowest BCUT2D eigenvalue weighted by atomic mass is 10.1. The van der Waals surface area contributed by atoms with E-state index in [0.29, 0.717) is 5.69 Å². The van der Waals surface area contributed by atoms with Gasteiger partial charge in [0.05, 0.1) is 0 Å². The highest BCUT2D eigenvalue weighted by molar-refractivity contribution is 6.02. The summed E-state index contributed by atoms with van der Waals surface area (Å²) in [5.41, 5.74) is 4.11. The second kappa shape index (κ2) is 4.63. The Balaban J connectivity index is 2.24. The Morgan fingerprint density at radius 3 is 2.80 bits per heavy atom. The highest BCUT2D eigenvalue weighted by atomic mass is 16.2. The van der Waals surface area contributed by atoms with Crippen LogP contribution in [0.4, 0.5) is 0 Å². The molecule has 0 bridgehead atoms. The van der Waals surface area contributed by atoms with Crippen LogP contribution in [0.5, 0.6) is 0 Å². The molecule has 3 aromatic rings. The van der Waals surface area contributed by atoms with Crippen LogP contribution in [-0.4, -0.2) is 20.0 Å². The fourth-order valence-electron chi connectivity index (χ4n) is 2.70. The van der Waals surface area contributed by atoms with Crippen molar-refractivity contribution in [3.05, 3.63) is 53.7 Å². The van der Waals surface area contributed by atoms with Crippen LogP contribution in [0.3, 0.4) is 0 Å². The monoisotopic (exact) mass is 267 g/mol. The lowest BCUT2D eigenvalue weighted by Crippen LogP contribution is -2.15. The number of aryl methyl sites for hydroxylation is 3. The third-order valence-corrected chi connectivity index (χ3v) is 3.87. The molecule has 1 aromatic carbocycles. The minimum atomic E-state index is -0.0447. The van der Waals surface area contributed by atoms with E-state index in [2.05, 4.69) is 30.1 Å². The fraction of sp³-hybridized carbons (Fsp3) is 0.250. The van der Waals surface area contributed by atoms with Crippen molar-refractivity contribution in [1.82, 2.24) is 14.1 Å². The van der Waals surface area contributed by atoms with E-state index in [-0.39, 0.29) is 5.91 Å². The van der Waals surface area contributed by atoms with E-state index in [9.17, 15) is 4.79 Å². The van der Waals surface area contributed by atoms with Crippen molar-refractivity contribution >= 4 is 16.8 Å². The zero-order valence-electron chi connectivity index (χ0n) is 11.9. The van der Waals surface area contributed by atoms with Gasteiger partial charge < -0.3 is 4.57 Å². The van der Waals surface area contributed by atoms with E-state index in [1.54, 1.807) is 12.4 Å². The number of carbonyl (C=O) groups excluding carboxylic acids is 1. The van der Waals surface area contributed by atoms with Crippen molar-refractivity contribution < 1.29 is 4.79 Å². The third-order valence-electron chi connectivity index (χ3n) is 3.87. The molecule has 102 valence electrons. The van der Waals surface area contributed by atoms with Crippen molar-refractivity contribution in [2.75, 3.05) is 0 Å². The van der Waals surface area contributed by atoms with Crippen LogP contribution in [0.15, 0.2) is 36.9 Å². The zero-order valence-corrected chi connectivity index (χ0v) is 11.9. The molecule has 0 aliphatic carbocycles. The van der Waals surface area contributed by atoms with Gasteiger partial charge in [-0.25, -0.2) is 4.98 Å². The lowest BCUT2D eigenvalue weighted by molar-refractivity contribution is 0.0951. The number of rotatable bonds is 2. The summed E-state index contributed by atoms with van der Waals surface area (Å²) in [7, 11) is 1.94. The van der Waals surface area contributed by atoms with Crippen molar-refractivity contribution in [3.8, 4) is 0 Å². The number of aromatic nitrogens is 3. The molecule has 0 saturated carbocycles. The van der Waals surface area contributed by atoms with Gasteiger partial charge >= 0.3 is 0 Å². The predicted molar refractivity (Wildman–Crippen MR) is 79.0 cm³/mol. The van der Waals surface area contributed by atoms with Gasteiger partial charge in [-0.1, -0.05) is 13.0 Å². The quantitative estimate of drug-likeness (QED) is 0.716. The molecule has 0 N–H and O–H groups in total. The molecule has 0 spiro atoms. The maximum Gasteiger partial charge on any atom is 0.280 e. The molecule has 0 saturated heterocycles. The van der Waals surface area contributed by atoms with Gasteiger partial charge in [-0.15, -0.1) is 0 Å². The summed E-state index contributed by atoms with van der Waals surface area (Å²) in [5, 5.41) is 1.15. The molecule has 20 heavy (non-hydrogen) atoms. The molecule has 0 fully saturated rings. The standard InChI is InChI=1S/C16H17N3O/c1-4-12-5-6-14-13(9-12)11(2)15(18(14)3)16(20)19-8-7-17-10-19/h5-10H,4H2,1-3H3. The number of hydrogen-bond acceptors (Lipinski definition) is 2. The Labute approximate surface area is 117 Å². The Kier molecular flexibility index (Phi) is 2.93. The number of hydrogen-bond donors (Lipinski definition) is 0. The first-order valence-corrected chi connectivity index (χ1v) is 6.74. The molecule has 4 nitrogen and oxygen atoms in total. The molecule has 2 heterocycles. The van der Waals surface area contributed by atoms with Crippen LogP contribution in [0.25, 0.3) is 10.9 Å². The van der Waals surface area contributed by atoms with Crippen molar-refractivity contribution in [3.63, 3.8) is 0 Å². The minimum absolute atomic E-state index is 0.0447. The van der Waals surface area contributed by atoms with Gasteiger partial charge in [0.25, 0.3) is 5.91 Å². The van der Waals surface area contributed by atoms with Crippen LogP contribution < -0.4 is 0 Å². The maximum atomic E-state index is 12.6. The molecule has 2 aromatic heterocycles. The predicted octanol–water partition coefficient (Wildman–Crippen LogP) is 2.93. The number of fused-ring (bicyclic) bond motifs is 1. The first kappa shape index (κ1) is 12.7. The average molecular weight is 267 g/mol. The number of nitrogens with zero attached hydrogens (tertiary/aromatic N) is 3. The topological polar surface area (TPSA) is 39.8 Å². The third kappa shape index (κ3) is 1.76. The number of carbonyl (C=O) groups is 1. The van der Waals surface area contributed by atoms with Crippen LogP contribution in [-0.2, 0) is 13.5 Å². The smallest absolute Gasteiger partial charge is 0.280 e. The molecule has 0 atom stereocenters. The van der Waals surface area contributed by atoms with Gasteiger partial charge in [-0.05, 0) is 36.6 Å². The first-order valence-electron chi connectivity index (χ1n) is 6.74. The van der Waals surface area contributed by atoms with Crippen LogP contribution in [0.2, 0.25) is 0 Å². The Hall–Kier alpha value is -2.36. The first-order chi connectivity index (χ1) is 9.63. The van der Waals surface area contributed by atoms with E-state index in [1.807, 2.05) is 18.5 Å². The normalized spacial score (nSPS) is 11.2. The summed E-state index contributed by atoms with van der Waals surface area (Å²) < 4.78 is 3.48. The molecule has 3 rings (SSSR count). The molecule has 0 unspecified atom stereocenters. The fourth-order valence-corrected chi connectivity index (χ4v) is 2.70. The van der Waals surface area contributed by atoms with Gasteiger partial charge in [-0.2, -0.15) is 0 Å². The molecule has 0 radical (unpaired) electrons. The van der Waals surface area contributed by atoms with Gasteiger partial charge in [0.15, 0.2) is 0 Å². The van der Waals surface area contributed by atoms with E-state index in [4.69, 9.17) is 0 Å². The number of imidazole rings is 1. The van der Waals surface area contributed by atoms with E-state index in [0.717, 1.165) is 22.9 Å². The second-order valence-corrected chi connectivity index (χ2v) is 5.01. The average Bonchev–Trinajstić information content (AvgIpc) is 3.07. The van der Waals surface area contributed by atoms with E-state index >= 15 is 0 Å². The Morgan fingerprint density at radius 2 is 2.15 bits per heavy atom. The summed E-state index contributed by atoms with van der Waals surface area (Å²) >= 11 is 0. The van der Waals surface area contributed by atoms with Crippen molar-refractivity contribution in [2.24, 2.45) is 7.05 Å². The summed E-state index contributed by atoms with van der Waals surface area (Å²) in [5.74, 6) is -0.0447.